The number of methoxy groups -OCH3 is 1. The molecule has 0 bridgehead atoms. The molecule has 5 heteroatoms. The van der Waals surface area contributed by atoms with E-state index in [2.05, 4.69) is 10.5 Å². The van der Waals surface area contributed by atoms with Gasteiger partial charge in [0.1, 0.15) is 6.04 Å². The van der Waals surface area contributed by atoms with Gasteiger partial charge in [-0.3, -0.25) is 0 Å². The molecule has 0 spiro atoms. The monoisotopic (exact) mass is 143 g/mol. The Labute approximate surface area is 50.8 Å². The molecule has 0 aliphatic heterocycles. The van der Waals surface area contributed by atoms with E-state index in [1.165, 1.54) is 7.11 Å². The van der Waals surface area contributed by atoms with E-state index >= 15 is 0 Å². The summed E-state index contributed by atoms with van der Waals surface area (Å²) in [4.78, 5) is 0. The summed E-state index contributed by atoms with van der Waals surface area (Å²) in [5.41, 5.74) is 4.61. The Kier molecular flexibility index (Phi) is 2.93. The molecule has 2 nitrogen and oxygen atoms in total. The highest BCUT2D eigenvalue weighted by Gasteiger charge is 2.36. The molecular formula is C4H8F3NO. The standard InChI is InChI=1S/C4H8F3NO/c1-9-2-3(8)4(5,6)7/h3H,2,8H2,1H3/t3-/m0/s1. The molecule has 0 rings (SSSR count). The third-order valence-corrected chi connectivity index (χ3v) is 0.767. The van der Waals surface area contributed by atoms with Crippen LogP contribution >= 0.6 is 0 Å². The molecule has 9 heavy (non-hydrogen) atoms. The molecule has 1 atom stereocenters. The summed E-state index contributed by atoms with van der Waals surface area (Å²) >= 11 is 0. The number of rotatable bonds is 2. The van der Waals surface area contributed by atoms with Crippen LogP contribution in [0.1, 0.15) is 0 Å². The van der Waals surface area contributed by atoms with Crippen LogP contribution in [0.15, 0.2) is 0 Å². The first kappa shape index (κ1) is 8.71. The average Bonchev–Trinajstić information content (AvgIpc) is 1.64. The predicted molar refractivity (Wildman–Crippen MR) is 25.9 cm³/mol. The van der Waals surface area contributed by atoms with Gasteiger partial charge in [-0.05, 0) is 0 Å². The summed E-state index contributed by atoms with van der Waals surface area (Å²) in [5, 5.41) is 0. The second-order valence-electron chi connectivity index (χ2n) is 1.60. The van der Waals surface area contributed by atoms with Gasteiger partial charge in [-0.2, -0.15) is 13.2 Å². The smallest absolute Gasteiger partial charge is 0.383 e. The number of nitrogens with two attached hydrogens (primary N) is 1. The Morgan fingerprint density at radius 2 is 2.00 bits per heavy atom. The molecule has 0 aromatic heterocycles. The fourth-order valence-electron chi connectivity index (χ4n) is 0.274. The Bertz CT molecular complexity index is 82.4. The normalized spacial score (nSPS) is 15.7. The minimum Gasteiger partial charge on any atom is -0.383 e. The van der Waals surface area contributed by atoms with Gasteiger partial charge >= 0.3 is 6.18 Å². The van der Waals surface area contributed by atoms with Crippen molar-refractivity contribution in [2.75, 3.05) is 13.7 Å². The summed E-state index contributed by atoms with van der Waals surface area (Å²) in [6.45, 7) is -0.483. The summed E-state index contributed by atoms with van der Waals surface area (Å²) in [7, 11) is 1.17. The lowest BCUT2D eigenvalue weighted by Gasteiger charge is -2.13. The van der Waals surface area contributed by atoms with Crippen LogP contribution in [0.25, 0.3) is 0 Å². The van der Waals surface area contributed by atoms with Gasteiger partial charge in [0.25, 0.3) is 0 Å². The van der Waals surface area contributed by atoms with Crippen molar-refractivity contribution in [1.29, 1.82) is 0 Å². The summed E-state index contributed by atoms with van der Waals surface area (Å²) in [5.74, 6) is 0. The van der Waals surface area contributed by atoms with Crippen LogP contribution in [0.3, 0.4) is 0 Å². The first-order valence-corrected chi connectivity index (χ1v) is 2.29. The molecule has 0 aliphatic carbocycles. The molecule has 0 unspecified atom stereocenters. The third kappa shape index (κ3) is 3.31. The highest BCUT2D eigenvalue weighted by molar-refractivity contribution is 4.68. The average molecular weight is 143 g/mol. The van der Waals surface area contributed by atoms with E-state index < -0.39 is 18.8 Å². The highest BCUT2D eigenvalue weighted by atomic mass is 19.4. The zero-order valence-corrected chi connectivity index (χ0v) is 4.90. The topological polar surface area (TPSA) is 35.2 Å². The van der Waals surface area contributed by atoms with Crippen molar-refractivity contribution < 1.29 is 17.9 Å². The fraction of sp³-hybridized carbons (Fsp3) is 1.00. The van der Waals surface area contributed by atoms with Gasteiger partial charge in [0.05, 0.1) is 6.61 Å². The van der Waals surface area contributed by atoms with Crippen LogP contribution in [-0.2, 0) is 4.74 Å². The Hall–Kier alpha value is -0.290. The predicted octanol–water partition coefficient (Wildman–Crippen LogP) is 0.522. The van der Waals surface area contributed by atoms with Gasteiger partial charge in [-0.1, -0.05) is 0 Å². The van der Waals surface area contributed by atoms with E-state index in [1.54, 1.807) is 0 Å². The van der Waals surface area contributed by atoms with E-state index in [0.717, 1.165) is 0 Å². The lowest BCUT2D eigenvalue weighted by Crippen LogP contribution is -2.40. The molecule has 2 N–H and O–H groups in total. The zero-order chi connectivity index (χ0) is 7.49. The molecule has 0 radical (unpaired) electrons. The van der Waals surface area contributed by atoms with Crippen molar-refractivity contribution in [2.24, 2.45) is 5.73 Å². The van der Waals surface area contributed by atoms with Crippen LogP contribution in [0.5, 0.6) is 0 Å². The van der Waals surface area contributed by atoms with Gasteiger partial charge in [0, 0.05) is 7.11 Å². The first-order valence-electron chi connectivity index (χ1n) is 2.29. The van der Waals surface area contributed by atoms with Crippen LogP contribution in [-0.4, -0.2) is 25.9 Å². The second kappa shape index (κ2) is 3.03. The Balaban J connectivity index is 3.59. The summed E-state index contributed by atoms with van der Waals surface area (Å²) in [6, 6.07) is -1.86. The Morgan fingerprint density at radius 1 is 1.56 bits per heavy atom. The van der Waals surface area contributed by atoms with Crippen molar-refractivity contribution in [3.8, 4) is 0 Å². The molecule has 0 heterocycles. The lowest BCUT2D eigenvalue weighted by atomic mass is 10.3. The molecule has 0 amide bonds. The second-order valence-corrected chi connectivity index (χ2v) is 1.60. The quantitative estimate of drug-likeness (QED) is 0.611. The van der Waals surface area contributed by atoms with Gasteiger partial charge in [0.2, 0.25) is 0 Å². The van der Waals surface area contributed by atoms with Crippen LogP contribution < -0.4 is 5.73 Å². The van der Waals surface area contributed by atoms with E-state index in [1.807, 2.05) is 0 Å². The summed E-state index contributed by atoms with van der Waals surface area (Å²) < 4.78 is 38.5. The number of hydrogen-bond acceptors (Lipinski definition) is 2. The SMILES string of the molecule is COC[C@H](N)C(F)(F)F. The number of halogens is 3. The molecule has 0 saturated heterocycles. The van der Waals surface area contributed by atoms with E-state index in [-0.39, 0.29) is 0 Å². The largest absolute Gasteiger partial charge is 0.405 e. The highest BCUT2D eigenvalue weighted by Crippen LogP contribution is 2.17. The summed E-state index contributed by atoms with van der Waals surface area (Å²) in [6.07, 6.45) is -4.34. The van der Waals surface area contributed by atoms with Crippen molar-refractivity contribution in [1.82, 2.24) is 0 Å². The molecule has 0 saturated carbocycles. The van der Waals surface area contributed by atoms with Gasteiger partial charge in [-0.25, -0.2) is 0 Å². The van der Waals surface area contributed by atoms with Gasteiger partial charge in [-0.15, -0.1) is 0 Å². The molecule has 0 aliphatic rings. The van der Waals surface area contributed by atoms with E-state index in [9.17, 15) is 13.2 Å². The zero-order valence-electron chi connectivity index (χ0n) is 4.90. The van der Waals surface area contributed by atoms with Crippen molar-refractivity contribution in [3.63, 3.8) is 0 Å². The molecule has 56 valence electrons. The minimum atomic E-state index is -4.34. The Morgan fingerprint density at radius 3 is 2.11 bits per heavy atom. The van der Waals surface area contributed by atoms with Crippen molar-refractivity contribution in [3.05, 3.63) is 0 Å². The third-order valence-electron chi connectivity index (χ3n) is 0.767. The van der Waals surface area contributed by atoms with Crippen molar-refractivity contribution in [2.45, 2.75) is 12.2 Å². The number of hydrogen-bond donors (Lipinski definition) is 1. The van der Waals surface area contributed by atoms with Crippen LogP contribution in [0.2, 0.25) is 0 Å². The van der Waals surface area contributed by atoms with E-state index in [0.29, 0.717) is 0 Å². The van der Waals surface area contributed by atoms with Gasteiger partial charge in [0.15, 0.2) is 0 Å². The van der Waals surface area contributed by atoms with Crippen LogP contribution in [0.4, 0.5) is 13.2 Å². The maximum atomic E-state index is 11.4. The minimum absolute atomic E-state index is 0.483. The maximum absolute atomic E-state index is 11.4. The number of alkyl halides is 3. The molecule has 0 aromatic rings. The van der Waals surface area contributed by atoms with Gasteiger partial charge < -0.3 is 10.5 Å². The maximum Gasteiger partial charge on any atom is 0.405 e. The number of ether oxygens (including phenoxy) is 1. The van der Waals surface area contributed by atoms with Crippen molar-refractivity contribution >= 4 is 0 Å². The van der Waals surface area contributed by atoms with Crippen LogP contribution in [0, 0.1) is 0 Å². The molecule has 0 aromatic carbocycles. The van der Waals surface area contributed by atoms with E-state index in [4.69, 9.17) is 0 Å². The molecule has 0 fully saturated rings. The lowest BCUT2D eigenvalue weighted by molar-refractivity contribution is -0.157. The molecular weight excluding hydrogens is 135 g/mol. The first-order chi connectivity index (χ1) is 3.98. The fourth-order valence-corrected chi connectivity index (χ4v) is 0.274.